The molecule has 2 aromatic rings. The van der Waals surface area contributed by atoms with Crippen LogP contribution in [-0.4, -0.2) is 22.6 Å². The molecule has 0 unspecified atom stereocenters. The van der Waals surface area contributed by atoms with Crippen molar-refractivity contribution < 1.29 is 0 Å². The van der Waals surface area contributed by atoms with E-state index < -0.39 is 0 Å². The fourth-order valence-corrected chi connectivity index (χ4v) is 3.23. The zero-order valence-corrected chi connectivity index (χ0v) is 14.1. The first kappa shape index (κ1) is 15.7. The van der Waals surface area contributed by atoms with Crippen molar-refractivity contribution >= 4 is 51.5 Å². The monoisotopic (exact) mass is 333 g/mol. The van der Waals surface area contributed by atoms with E-state index in [1.807, 2.05) is 11.6 Å². The third-order valence-electron chi connectivity index (χ3n) is 3.27. The highest BCUT2D eigenvalue weighted by Crippen LogP contribution is 2.39. The average molecular weight is 335 g/mol. The second-order valence-electron chi connectivity index (χ2n) is 4.81. The van der Waals surface area contributed by atoms with Gasteiger partial charge in [-0.1, -0.05) is 37.0 Å². The number of aryl methyl sites for hydroxylation is 1. The van der Waals surface area contributed by atoms with Crippen LogP contribution in [0.4, 0.5) is 5.69 Å². The summed E-state index contributed by atoms with van der Waals surface area (Å²) in [6.45, 7) is 6.18. The number of imidazole rings is 1. The van der Waals surface area contributed by atoms with E-state index in [1.54, 1.807) is 6.07 Å². The van der Waals surface area contributed by atoms with Gasteiger partial charge in [-0.15, -0.1) is 0 Å². The molecule has 20 heavy (non-hydrogen) atoms. The zero-order valence-electron chi connectivity index (χ0n) is 11.9. The summed E-state index contributed by atoms with van der Waals surface area (Å²) in [5.74, 6) is 0. The maximum absolute atomic E-state index is 6.45. The predicted octanol–water partition coefficient (Wildman–Crippen LogP) is 5.16. The average Bonchev–Trinajstić information content (AvgIpc) is 2.68. The number of benzene rings is 1. The zero-order chi connectivity index (χ0) is 14.9. The molecule has 1 aromatic carbocycles. The Labute approximate surface area is 134 Å². The number of rotatable bonds is 5. The van der Waals surface area contributed by atoms with Gasteiger partial charge in [-0.3, -0.25) is 0 Å². The summed E-state index contributed by atoms with van der Waals surface area (Å²) in [5, 5.41) is 1.59. The van der Waals surface area contributed by atoms with Crippen LogP contribution in [0.5, 0.6) is 0 Å². The quantitative estimate of drug-likeness (QED) is 0.753. The summed E-state index contributed by atoms with van der Waals surface area (Å²) in [5.41, 5.74) is 2.57. The molecule has 0 aliphatic rings. The van der Waals surface area contributed by atoms with E-state index in [1.165, 1.54) is 0 Å². The normalized spacial score (nSPS) is 11.3. The van der Waals surface area contributed by atoms with Crippen molar-refractivity contribution in [1.82, 2.24) is 9.55 Å². The van der Waals surface area contributed by atoms with Crippen molar-refractivity contribution in [3.05, 3.63) is 21.4 Å². The van der Waals surface area contributed by atoms with Gasteiger partial charge in [0.25, 0.3) is 0 Å². The van der Waals surface area contributed by atoms with Crippen LogP contribution < -0.4 is 4.90 Å². The lowest BCUT2D eigenvalue weighted by atomic mass is 10.2. The van der Waals surface area contributed by atoms with Crippen LogP contribution in [0.1, 0.15) is 26.7 Å². The molecule has 1 aromatic heterocycles. The molecule has 0 radical (unpaired) electrons. The first-order valence-corrected chi connectivity index (χ1v) is 7.89. The van der Waals surface area contributed by atoms with E-state index in [2.05, 4.69) is 23.7 Å². The topological polar surface area (TPSA) is 21.1 Å². The second-order valence-corrected chi connectivity index (χ2v) is 5.97. The number of hydrogen-bond acceptors (Lipinski definition) is 2. The molecule has 0 aliphatic heterocycles. The minimum absolute atomic E-state index is 0.415. The Morgan fingerprint density at radius 2 is 1.70 bits per heavy atom. The van der Waals surface area contributed by atoms with Crippen molar-refractivity contribution in [3.63, 3.8) is 0 Å². The summed E-state index contributed by atoms with van der Waals surface area (Å²) in [6.07, 6.45) is 2.10. The molecule has 2 rings (SSSR count). The molecule has 0 saturated heterocycles. The molecular formula is C14H18Cl3N3. The molecule has 6 heteroatoms. The molecule has 0 bridgehead atoms. The Balaban J connectivity index is 2.72. The number of hydrogen-bond donors (Lipinski definition) is 0. The van der Waals surface area contributed by atoms with Crippen LogP contribution in [0.3, 0.4) is 0 Å². The van der Waals surface area contributed by atoms with Gasteiger partial charge in [0.15, 0.2) is 0 Å². The van der Waals surface area contributed by atoms with Crippen LogP contribution in [0.15, 0.2) is 6.07 Å². The van der Waals surface area contributed by atoms with E-state index in [9.17, 15) is 0 Å². The van der Waals surface area contributed by atoms with Crippen molar-refractivity contribution in [2.45, 2.75) is 26.7 Å². The molecule has 0 fully saturated rings. The highest BCUT2D eigenvalue weighted by Gasteiger charge is 2.20. The van der Waals surface area contributed by atoms with Crippen molar-refractivity contribution in [3.8, 4) is 0 Å². The molecule has 110 valence electrons. The molecular weight excluding hydrogens is 317 g/mol. The molecule has 3 nitrogen and oxygen atoms in total. The van der Waals surface area contributed by atoms with Crippen molar-refractivity contribution in [1.29, 1.82) is 0 Å². The van der Waals surface area contributed by atoms with Gasteiger partial charge < -0.3 is 9.47 Å². The maximum atomic E-state index is 6.45. The Hall–Kier alpha value is -0.640. The highest BCUT2D eigenvalue weighted by atomic mass is 35.5. The fourth-order valence-electron chi connectivity index (χ4n) is 2.45. The van der Waals surface area contributed by atoms with Gasteiger partial charge in [-0.05, 0) is 30.5 Å². The molecule has 0 saturated carbocycles. The molecule has 0 spiro atoms. The molecule has 0 N–H and O–H groups in total. The summed E-state index contributed by atoms with van der Waals surface area (Å²) in [6, 6.07) is 1.75. The van der Waals surface area contributed by atoms with Gasteiger partial charge in [-0.2, -0.15) is 0 Å². The summed E-state index contributed by atoms with van der Waals surface area (Å²) in [7, 11) is 1.88. The first-order valence-electron chi connectivity index (χ1n) is 6.76. The Morgan fingerprint density at radius 1 is 1.10 bits per heavy atom. The summed E-state index contributed by atoms with van der Waals surface area (Å²) < 4.78 is 1.84. The molecule has 0 aliphatic carbocycles. The third-order valence-corrected chi connectivity index (χ3v) is 4.19. The standard InChI is InChI=1S/C14H18Cl3N3/c1-4-6-20(7-5-2)12-10(16)8-9(15)11-13(12)19(3)14(17)18-11/h8H,4-7H2,1-3H3. The van der Waals surface area contributed by atoms with Crippen molar-refractivity contribution in [2.24, 2.45) is 7.05 Å². The maximum Gasteiger partial charge on any atom is 0.203 e. The minimum atomic E-state index is 0.415. The van der Waals surface area contributed by atoms with Crippen LogP contribution >= 0.6 is 34.8 Å². The van der Waals surface area contributed by atoms with E-state index in [4.69, 9.17) is 34.8 Å². The fraction of sp³-hybridized carbons (Fsp3) is 0.500. The van der Waals surface area contributed by atoms with E-state index >= 15 is 0 Å². The van der Waals surface area contributed by atoms with Gasteiger partial charge in [0, 0.05) is 20.1 Å². The summed E-state index contributed by atoms with van der Waals surface area (Å²) in [4.78, 5) is 6.60. The van der Waals surface area contributed by atoms with Crippen LogP contribution in [0, 0.1) is 0 Å². The number of aromatic nitrogens is 2. The lowest BCUT2D eigenvalue weighted by Gasteiger charge is -2.26. The minimum Gasteiger partial charge on any atom is -0.369 e. The molecule has 0 amide bonds. The number of halogens is 3. The van der Waals surface area contributed by atoms with Gasteiger partial charge in [-0.25, -0.2) is 4.98 Å². The van der Waals surface area contributed by atoms with Crippen molar-refractivity contribution in [2.75, 3.05) is 18.0 Å². The van der Waals surface area contributed by atoms with Crippen LogP contribution in [-0.2, 0) is 7.05 Å². The smallest absolute Gasteiger partial charge is 0.203 e. The lowest BCUT2D eigenvalue weighted by molar-refractivity contribution is 0.745. The van der Waals surface area contributed by atoms with Gasteiger partial charge in [0.05, 0.1) is 21.2 Å². The number of anilines is 1. The second kappa shape index (κ2) is 6.42. The first-order chi connectivity index (χ1) is 9.51. The summed E-state index contributed by atoms with van der Waals surface area (Å²) >= 11 is 18.8. The highest BCUT2D eigenvalue weighted by molar-refractivity contribution is 6.41. The van der Waals surface area contributed by atoms with Gasteiger partial charge in [0.2, 0.25) is 5.28 Å². The number of fused-ring (bicyclic) bond motifs is 1. The largest absolute Gasteiger partial charge is 0.369 e. The van der Waals surface area contributed by atoms with E-state index in [0.717, 1.165) is 37.1 Å². The van der Waals surface area contributed by atoms with Crippen LogP contribution in [0.25, 0.3) is 11.0 Å². The van der Waals surface area contributed by atoms with E-state index in [-0.39, 0.29) is 0 Å². The molecule has 1 heterocycles. The predicted molar refractivity (Wildman–Crippen MR) is 88.5 cm³/mol. The number of nitrogens with zero attached hydrogens (tertiary/aromatic N) is 3. The Bertz CT molecular complexity index is 616. The Morgan fingerprint density at radius 3 is 2.25 bits per heavy atom. The Kier molecular flexibility index (Phi) is 5.05. The van der Waals surface area contributed by atoms with Gasteiger partial charge >= 0.3 is 0 Å². The lowest BCUT2D eigenvalue weighted by Crippen LogP contribution is -2.25. The molecule has 0 atom stereocenters. The van der Waals surface area contributed by atoms with Gasteiger partial charge in [0.1, 0.15) is 5.52 Å². The van der Waals surface area contributed by atoms with Crippen LogP contribution in [0.2, 0.25) is 15.3 Å². The van der Waals surface area contributed by atoms with E-state index in [0.29, 0.717) is 20.8 Å². The SMILES string of the molecule is CCCN(CCC)c1c(Cl)cc(Cl)c2nc(Cl)n(C)c12. The third kappa shape index (κ3) is 2.72.